The van der Waals surface area contributed by atoms with Crippen LogP contribution in [0.15, 0.2) is 29.4 Å². The second kappa shape index (κ2) is 5.44. The highest BCUT2D eigenvalue weighted by Crippen LogP contribution is 2.65. The van der Waals surface area contributed by atoms with Gasteiger partial charge in [-0.1, -0.05) is 20.8 Å². The Kier molecular flexibility index (Phi) is 3.87. The van der Waals surface area contributed by atoms with Crippen LogP contribution in [0.2, 0.25) is 0 Å². The maximum Gasteiger partial charge on any atom is 0.251 e. The Morgan fingerprint density at radius 3 is 2.82 bits per heavy atom. The Morgan fingerprint density at radius 2 is 2.23 bits per heavy atom. The van der Waals surface area contributed by atoms with Gasteiger partial charge in [0.2, 0.25) is 5.91 Å². The van der Waals surface area contributed by atoms with Crippen LogP contribution in [0.1, 0.15) is 40.0 Å². The molecule has 2 bridgehead atoms. The highest BCUT2D eigenvalue weighted by molar-refractivity contribution is 7.99. The van der Waals surface area contributed by atoms with Gasteiger partial charge in [-0.05, 0) is 53.8 Å². The summed E-state index contributed by atoms with van der Waals surface area (Å²) in [6, 6.07) is 5.51. The molecule has 2 aliphatic rings. The lowest BCUT2D eigenvalue weighted by Gasteiger charge is -2.39. The fourth-order valence-corrected chi connectivity index (χ4v) is 5.05. The number of pyridine rings is 1. The van der Waals surface area contributed by atoms with Crippen LogP contribution in [-0.2, 0) is 4.79 Å². The Labute approximate surface area is 136 Å². The average molecular weight is 320 g/mol. The van der Waals surface area contributed by atoms with Crippen molar-refractivity contribution in [3.63, 3.8) is 0 Å². The molecule has 1 heterocycles. The molecule has 120 valence electrons. The van der Waals surface area contributed by atoms with Gasteiger partial charge < -0.3 is 10.5 Å². The number of hydrogen-bond donors (Lipinski definition) is 1. The normalized spacial score (nSPS) is 32.1. The van der Waals surface area contributed by atoms with Crippen molar-refractivity contribution in [1.29, 1.82) is 0 Å². The van der Waals surface area contributed by atoms with E-state index in [0.717, 1.165) is 11.2 Å². The van der Waals surface area contributed by atoms with E-state index >= 15 is 0 Å². The van der Waals surface area contributed by atoms with E-state index in [1.165, 1.54) is 30.8 Å². The number of carbonyl (C=O) groups is 1. The Hall–Kier alpha value is -1.23. The van der Waals surface area contributed by atoms with Gasteiger partial charge in [-0.15, -0.1) is 0 Å². The summed E-state index contributed by atoms with van der Waals surface area (Å²) in [6.45, 7) is 7.01. The second-order valence-corrected chi connectivity index (χ2v) is 8.38. The number of nitrogens with zero attached hydrogens (tertiary/aromatic N) is 1. The quantitative estimate of drug-likeness (QED) is 0.527. The minimum atomic E-state index is 0.0310. The number of hydrogen-bond acceptors (Lipinski definition) is 3. The van der Waals surface area contributed by atoms with Crippen molar-refractivity contribution >= 4 is 17.7 Å². The van der Waals surface area contributed by atoms with Gasteiger partial charge in [-0.25, -0.2) is 0 Å². The smallest absolute Gasteiger partial charge is 0.251 e. The number of amides is 1. The fraction of sp³-hybridized carbons (Fsp3) is 0.647. The van der Waals surface area contributed by atoms with Crippen molar-refractivity contribution < 1.29 is 9.52 Å². The highest BCUT2D eigenvalue weighted by Gasteiger charge is 2.61. The van der Waals surface area contributed by atoms with Gasteiger partial charge in [0.05, 0.1) is 5.75 Å². The van der Waals surface area contributed by atoms with Crippen molar-refractivity contribution in [2.45, 2.75) is 51.1 Å². The Bertz CT molecular complexity index is 590. The monoisotopic (exact) mass is 320 g/mol. The van der Waals surface area contributed by atoms with Crippen LogP contribution in [0.25, 0.3) is 0 Å². The van der Waals surface area contributed by atoms with E-state index in [4.69, 9.17) is 0 Å². The summed E-state index contributed by atoms with van der Waals surface area (Å²) < 4.78 is 0.805. The van der Waals surface area contributed by atoms with Gasteiger partial charge in [0.25, 0.3) is 5.03 Å². The molecule has 0 unspecified atom stereocenters. The van der Waals surface area contributed by atoms with Crippen LogP contribution in [0, 0.1) is 22.0 Å². The predicted molar refractivity (Wildman–Crippen MR) is 87.3 cm³/mol. The molecule has 0 aromatic carbocycles. The molecule has 22 heavy (non-hydrogen) atoms. The number of rotatable bonds is 4. The minimum Gasteiger partial charge on any atom is -0.618 e. The number of carbonyl (C=O) groups excluding carboxylic acids is 1. The maximum absolute atomic E-state index is 12.3. The van der Waals surface area contributed by atoms with E-state index in [1.807, 2.05) is 6.07 Å². The van der Waals surface area contributed by atoms with Crippen molar-refractivity contribution in [3.8, 4) is 0 Å². The predicted octanol–water partition coefficient (Wildman–Crippen LogP) is 2.74. The van der Waals surface area contributed by atoms with Gasteiger partial charge in [0.15, 0.2) is 6.20 Å². The zero-order valence-corrected chi connectivity index (χ0v) is 14.3. The lowest BCUT2D eigenvalue weighted by atomic mass is 9.69. The van der Waals surface area contributed by atoms with E-state index in [1.54, 1.807) is 12.1 Å². The summed E-state index contributed by atoms with van der Waals surface area (Å²) >= 11 is 1.30. The molecule has 1 aromatic heterocycles. The van der Waals surface area contributed by atoms with Crippen molar-refractivity contribution in [2.75, 3.05) is 5.75 Å². The molecule has 2 aliphatic carbocycles. The third-order valence-corrected chi connectivity index (χ3v) is 7.29. The molecule has 0 radical (unpaired) electrons. The van der Waals surface area contributed by atoms with Crippen LogP contribution in [0.5, 0.6) is 0 Å². The molecule has 0 spiro atoms. The minimum absolute atomic E-state index is 0.0310. The number of thioether (sulfide) groups is 1. The van der Waals surface area contributed by atoms with Crippen LogP contribution in [-0.4, -0.2) is 17.7 Å². The average Bonchev–Trinajstić information content (AvgIpc) is 2.80. The third kappa shape index (κ3) is 2.39. The standard InChI is InChI=1S/C17H24N2O2S/c1-16(2)12-7-8-17(16,3)13(10-12)18-14(20)11-22-15-6-4-5-9-19(15)21/h4-6,9,12-13H,7-8,10-11H2,1-3H3,(H,18,20)/t12-,13+,17-/m0/s1. The van der Waals surface area contributed by atoms with Gasteiger partial charge in [0.1, 0.15) is 0 Å². The van der Waals surface area contributed by atoms with Crippen LogP contribution in [0.3, 0.4) is 0 Å². The first-order chi connectivity index (χ1) is 10.3. The summed E-state index contributed by atoms with van der Waals surface area (Å²) in [4.78, 5) is 12.3. The second-order valence-electron chi connectivity index (χ2n) is 7.38. The van der Waals surface area contributed by atoms with E-state index in [9.17, 15) is 10.0 Å². The Balaban J connectivity index is 1.59. The van der Waals surface area contributed by atoms with E-state index in [-0.39, 0.29) is 17.4 Å². The molecular formula is C17H24N2O2S. The molecule has 2 saturated carbocycles. The first-order valence-corrected chi connectivity index (χ1v) is 8.93. The van der Waals surface area contributed by atoms with Crippen LogP contribution < -0.4 is 10.0 Å². The largest absolute Gasteiger partial charge is 0.618 e. The maximum atomic E-state index is 12.3. The topological polar surface area (TPSA) is 56.0 Å². The highest BCUT2D eigenvalue weighted by atomic mass is 32.2. The van der Waals surface area contributed by atoms with Crippen molar-refractivity contribution in [3.05, 3.63) is 29.6 Å². The fourth-order valence-electron chi connectivity index (χ4n) is 4.32. The number of fused-ring (bicyclic) bond motifs is 2. The number of aromatic nitrogens is 1. The third-order valence-electron chi connectivity index (χ3n) is 6.27. The Morgan fingerprint density at radius 1 is 1.45 bits per heavy atom. The molecule has 4 nitrogen and oxygen atoms in total. The summed E-state index contributed by atoms with van der Waals surface area (Å²) in [5.74, 6) is 1.04. The molecule has 1 aromatic rings. The molecule has 1 N–H and O–H groups in total. The van der Waals surface area contributed by atoms with E-state index < -0.39 is 0 Å². The summed E-state index contributed by atoms with van der Waals surface area (Å²) in [5, 5.41) is 15.4. The zero-order chi connectivity index (χ0) is 16.0. The zero-order valence-electron chi connectivity index (χ0n) is 13.5. The SMILES string of the molecule is CC1(C)[C@H]2CC[C@@]1(C)[C@H](NC(=O)CSc1cccc[n+]1[O-])C2. The molecule has 3 rings (SSSR count). The van der Waals surface area contributed by atoms with Crippen molar-refractivity contribution in [2.24, 2.45) is 16.7 Å². The summed E-state index contributed by atoms with van der Waals surface area (Å²) in [5.41, 5.74) is 0.499. The van der Waals surface area contributed by atoms with Gasteiger partial charge >= 0.3 is 0 Å². The summed E-state index contributed by atoms with van der Waals surface area (Å²) in [6.07, 6.45) is 5.03. The van der Waals surface area contributed by atoms with Gasteiger partial charge in [-0.2, -0.15) is 4.73 Å². The van der Waals surface area contributed by atoms with E-state index in [0.29, 0.717) is 22.1 Å². The lowest BCUT2D eigenvalue weighted by molar-refractivity contribution is -0.645. The molecule has 0 saturated heterocycles. The molecule has 1 amide bonds. The molecule has 5 heteroatoms. The number of nitrogens with one attached hydrogen (secondary N) is 1. The molecular weight excluding hydrogens is 296 g/mol. The van der Waals surface area contributed by atoms with Gasteiger partial charge in [0, 0.05) is 18.2 Å². The summed E-state index contributed by atoms with van der Waals surface area (Å²) in [7, 11) is 0. The van der Waals surface area contributed by atoms with Crippen molar-refractivity contribution in [1.82, 2.24) is 5.32 Å². The van der Waals surface area contributed by atoms with E-state index in [2.05, 4.69) is 26.1 Å². The van der Waals surface area contributed by atoms with Crippen LogP contribution >= 0.6 is 11.8 Å². The lowest BCUT2D eigenvalue weighted by Crippen LogP contribution is -2.47. The molecule has 2 fully saturated rings. The molecule has 0 aliphatic heterocycles. The van der Waals surface area contributed by atoms with Crippen LogP contribution in [0.4, 0.5) is 0 Å². The van der Waals surface area contributed by atoms with Gasteiger partial charge in [-0.3, -0.25) is 4.79 Å². The molecule has 3 atom stereocenters. The first kappa shape index (κ1) is 15.7. The first-order valence-electron chi connectivity index (χ1n) is 7.95.